The molecule has 0 spiro atoms. The summed E-state index contributed by atoms with van der Waals surface area (Å²) in [5.74, 6) is -0.430. The van der Waals surface area contributed by atoms with Crippen LogP contribution in [0.25, 0.3) is 0 Å². The smallest absolute Gasteiger partial charge is 0.269 e. The third-order valence-corrected chi connectivity index (χ3v) is 2.96. The molecule has 18 heavy (non-hydrogen) atoms. The van der Waals surface area contributed by atoms with E-state index in [9.17, 15) is 4.79 Å². The fourth-order valence-electron chi connectivity index (χ4n) is 1.79. The van der Waals surface area contributed by atoms with Gasteiger partial charge in [-0.1, -0.05) is 40.0 Å². The predicted octanol–water partition coefficient (Wildman–Crippen LogP) is 4.19. The van der Waals surface area contributed by atoms with Crippen molar-refractivity contribution in [3.8, 4) is 0 Å². The zero-order chi connectivity index (χ0) is 14.0. The Kier molecular flexibility index (Phi) is 9.02. The van der Waals surface area contributed by atoms with E-state index in [-0.39, 0.29) is 11.9 Å². The predicted molar refractivity (Wildman–Crippen MR) is 70.6 cm³/mol. The van der Waals surface area contributed by atoms with Crippen LogP contribution in [0.3, 0.4) is 0 Å². The van der Waals surface area contributed by atoms with Crippen molar-refractivity contribution in [3.63, 3.8) is 0 Å². The summed E-state index contributed by atoms with van der Waals surface area (Å²) in [6.07, 6.45) is 5.53. The zero-order valence-electron chi connectivity index (χ0n) is 12.5. The first-order valence-corrected chi connectivity index (χ1v) is 7.03. The summed E-state index contributed by atoms with van der Waals surface area (Å²) in [5, 5.41) is 4.63. The van der Waals surface area contributed by atoms with Gasteiger partial charge >= 0.3 is 5.97 Å². The highest BCUT2D eigenvalue weighted by Crippen LogP contribution is 2.18. The first-order chi connectivity index (χ1) is 8.46. The summed E-state index contributed by atoms with van der Waals surface area (Å²) in [5.41, 5.74) is -0.430. The van der Waals surface area contributed by atoms with Gasteiger partial charge in [0.05, 0.1) is 5.92 Å². The first kappa shape index (κ1) is 17.4. The highest BCUT2D eigenvalue weighted by molar-refractivity contribution is 5.71. The van der Waals surface area contributed by atoms with Crippen molar-refractivity contribution in [1.82, 2.24) is 0 Å². The molecule has 0 aromatic heterocycles. The molecule has 1 unspecified atom stereocenters. The topological polar surface area (TPSA) is 44.8 Å². The SMILES string of the molecule is CCCCC(CC)C(=O)OOOC(C)(C)CCC. The molecule has 0 aliphatic carbocycles. The maximum atomic E-state index is 11.7. The third-order valence-electron chi connectivity index (χ3n) is 2.96. The van der Waals surface area contributed by atoms with Gasteiger partial charge in [-0.3, -0.25) is 4.89 Å². The monoisotopic (exact) mass is 260 g/mol. The quantitative estimate of drug-likeness (QED) is 0.436. The Balaban J connectivity index is 3.93. The molecule has 0 radical (unpaired) electrons. The number of hydrogen-bond donors (Lipinski definition) is 0. The van der Waals surface area contributed by atoms with E-state index in [0.29, 0.717) is 0 Å². The number of rotatable bonds is 10. The highest BCUT2D eigenvalue weighted by atomic mass is 17.5. The summed E-state index contributed by atoms with van der Waals surface area (Å²) in [7, 11) is 0. The molecule has 1 atom stereocenters. The third kappa shape index (κ3) is 7.67. The fourth-order valence-corrected chi connectivity index (χ4v) is 1.79. The van der Waals surface area contributed by atoms with E-state index in [1.165, 1.54) is 0 Å². The minimum atomic E-state index is -0.430. The Hall–Kier alpha value is -0.610. The summed E-state index contributed by atoms with van der Waals surface area (Å²) in [6, 6.07) is 0. The number of carbonyl (C=O) groups excluding carboxylic acids is 1. The molecule has 0 aliphatic heterocycles. The van der Waals surface area contributed by atoms with Gasteiger partial charge in [-0.25, -0.2) is 4.79 Å². The van der Waals surface area contributed by atoms with Gasteiger partial charge < -0.3 is 0 Å². The average molecular weight is 260 g/mol. The van der Waals surface area contributed by atoms with Crippen molar-refractivity contribution in [2.45, 2.75) is 78.7 Å². The normalized spacial score (nSPS) is 13.4. The van der Waals surface area contributed by atoms with E-state index >= 15 is 0 Å². The van der Waals surface area contributed by atoms with E-state index in [1.807, 2.05) is 20.8 Å². The van der Waals surface area contributed by atoms with Crippen molar-refractivity contribution >= 4 is 5.97 Å². The lowest BCUT2D eigenvalue weighted by Gasteiger charge is -2.21. The van der Waals surface area contributed by atoms with Crippen LogP contribution < -0.4 is 0 Å². The van der Waals surface area contributed by atoms with Gasteiger partial charge in [-0.05, 0) is 38.1 Å². The molecule has 0 fully saturated rings. The molecule has 0 aromatic carbocycles. The Labute approximate surface area is 111 Å². The van der Waals surface area contributed by atoms with Crippen LogP contribution in [0.2, 0.25) is 0 Å². The van der Waals surface area contributed by atoms with Crippen LogP contribution in [-0.4, -0.2) is 11.6 Å². The maximum Gasteiger partial charge on any atom is 0.348 e. The second kappa shape index (κ2) is 9.34. The molecular weight excluding hydrogens is 232 g/mol. The van der Waals surface area contributed by atoms with Gasteiger partial charge in [0.15, 0.2) is 0 Å². The summed E-state index contributed by atoms with van der Waals surface area (Å²) < 4.78 is 0. The van der Waals surface area contributed by atoms with E-state index in [1.54, 1.807) is 0 Å². The molecule has 0 amide bonds. The van der Waals surface area contributed by atoms with Crippen molar-refractivity contribution in [3.05, 3.63) is 0 Å². The Morgan fingerprint density at radius 2 is 1.83 bits per heavy atom. The average Bonchev–Trinajstić information content (AvgIpc) is 2.29. The van der Waals surface area contributed by atoms with Gasteiger partial charge in [0.1, 0.15) is 5.60 Å². The van der Waals surface area contributed by atoms with Crippen molar-refractivity contribution in [1.29, 1.82) is 0 Å². The van der Waals surface area contributed by atoms with Crippen LogP contribution in [0.4, 0.5) is 0 Å². The zero-order valence-corrected chi connectivity index (χ0v) is 12.5. The van der Waals surface area contributed by atoms with Crippen molar-refractivity contribution in [2.75, 3.05) is 0 Å². The van der Waals surface area contributed by atoms with Gasteiger partial charge in [0.2, 0.25) is 0 Å². The molecule has 0 rings (SSSR count). The number of unbranched alkanes of at least 4 members (excludes halogenated alkanes) is 1. The Morgan fingerprint density at radius 3 is 2.33 bits per heavy atom. The molecule has 0 N–H and O–H groups in total. The van der Waals surface area contributed by atoms with Crippen LogP contribution in [0, 0.1) is 5.92 Å². The van der Waals surface area contributed by atoms with Gasteiger partial charge in [-0.2, -0.15) is 4.89 Å². The second-order valence-electron chi connectivity index (χ2n) is 5.31. The summed E-state index contributed by atoms with van der Waals surface area (Å²) >= 11 is 0. The number of hydrogen-bond acceptors (Lipinski definition) is 4. The number of carbonyl (C=O) groups is 1. The largest absolute Gasteiger partial charge is 0.348 e. The molecule has 4 nitrogen and oxygen atoms in total. The fraction of sp³-hybridized carbons (Fsp3) is 0.929. The van der Waals surface area contributed by atoms with E-state index in [0.717, 1.165) is 38.5 Å². The Morgan fingerprint density at radius 1 is 1.17 bits per heavy atom. The molecule has 4 heteroatoms. The van der Waals surface area contributed by atoms with Crippen molar-refractivity contribution in [2.24, 2.45) is 5.92 Å². The van der Waals surface area contributed by atoms with E-state index < -0.39 is 5.60 Å². The maximum absolute atomic E-state index is 11.7. The molecular formula is C14H28O4. The van der Waals surface area contributed by atoms with Crippen LogP contribution in [-0.2, 0) is 19.6 Å². The lowest BCUT2D eigenvalue weighted by Crippen LogP contribution is -2.26. The first-order valence-electron chi connectivity index (χ1n) is 7.03. The summed E-state index contributed by atoms with van der Waals surface area (Å²) in [4.78, 5) is 21.5. The van der Waals surface area contributed by atoms with Gasteiger partial charge in [0.25, 0.3) is 0 Å². The van der Waals surface area contributed by atoms with Crippen LogP contribution in [0.1, 0.15) is 73.1 Å². The van der Waals surface area contributed by atoms with Gasteiger partial charge in [-0.15, -0.1) is 0 Å². The molecule has 0 saturated heterocycles. The lowest BCUT2D eigenvalue weighted by atomic mass is 10.00. The van der Waals surface area contributed by atoms with Crippen molar-refractivity contribution < 1.29 is 19.6 Å². The van der Waals surface area contributed by atoms with Crippen LogP contribution >= 0.6 is 0 Å². The minimum absolute atomic E-state index is 0.0946. The second-order valence-corrected chi connectivity index (χ2v) is 5.31. The van der Waals surface area contributed by atoms with Crippen LogP contribution in [0.15, 0.2) is 0 Å². The molecule has 0 saturated carbocycles. The summed E-state index contributed by atoms with van der Waals surface area (Å²) in [6.45, 7) is 9.95. The van der Waals surface area contributed by atoms with E-state index in [2.05, 4.69) is 18.9 Å². The van der Waals surface area contributed by atoms with Crippen LogP contribution in [0.5, 0.6) is 0 Å². The molecule has 108 valence electrons. The highest BCUT2D eigenvalue weighted by Gasteiger charge is 2.23. The standard InChI is InChI=1S/C14H28O4/c1-6-9-10-12(8-3)13(15)16-18-17-14(4,5)11-7-2/h12H,6-11H2,1-5H3. The molecule has 0 heterocycles. The molecule has 0 aliphatic rings. The lowest BCUT2D eigenvalue weighted by molar-refractivity contribution is -0.518. The van der Waals surface area contributed by atoms with E-state index in [4.69, 9.17) is 9.78 Å². The minimum Gasteiger partial charge on any atom is -0.269 e. The van der Waals surface area contributed by atoms with Gasteiger partial charge in [0, 0.05) is 0 Å². The Bertz CT molecular complexity index is 226. The molecule has 0 aromatic rings. The molecule has 0 bridgehead atoms.